The average molecular weight is 341 g/mol. The molecule has 4 heteroatoms. The molecular weight excluding hydrogens is 314 g/mol. The predicted molar refractivity (Wildman–Crippen MR) is 99.4 cm³/mol. The van der Waals surface area contributed by atoms with Gasteiger partial charge < -0.3 is 15.5 Å². The fourth-order valence-electron chi connectivity index (χ4n) is 2.98. The van der Waals surface area contributed by atoms with Gasteiger partial charge in [-0.05, 0) is 42.9 Å². The molecule has 0 aliphatic carbocycles. The summed E-state index contributed by atoms with van der Waals surface area (Å²) in [6, 6.07) is 19.7. The second-order valence-electron chi connectivity index (χ2n) is 6.43. The average Bonchev–Trinajstić information content (AvgIpc) is 2.62. The van der Waals surface area contributed by atoms with Crippen molar-refractivity contribution in [1.29, 1.82) is 0 Å². The van der Waals surface area contributed by atoms with Gasteiger partial charge in [-0.25, -0.2) is 0 Å². The van der Waals surface area contributed by atoms with Gasteiger partial charge in [0.25, 0.3) is 0 Å². The summed E-state index contributed by atoms with van der Waals surface area (Å²) in [7, 11) is 0. The monoisotopic (exact) mass is 341 g/mol. The molecule has 2 atom stereocenters. The van der Waals surface area contributed by atoms with E-state index in [1.165, 1.54) is 5.56 Å². The lowest BCUT2D eigenvalue weighted by Crippen LogP contribution is -2.28. The molecule has 3 N–H and O–H groups in total. The fraction of sp³-hybridized carbons (Fsp3) is 0.381. The second kappa shape index (κ2) is 10.6. The van der Waals surface area contributed by atoms with E-state index in [-0.39, 0.29) is 12.3 Å². The summed E-state index contributed by atoms with van der Waals surface area (Å²) < 4.78 is 0. The van der Waals surface area contributed by atoms with Crippen LogP contribution in [0, 0.1) is 5.92 Å². The molecule has 0 aromatic heterocycles. The van der Waals surface area contributed by atoms with Gasteiger partial charge in [0.1, 0.15) is 0 Å². The normalized spacial score (nSPS) is 13.3. The number of carbonyl (C=O) groups is 1. The number of carboxylic acid groups (broad SMARTS) is 1. The lowest BCUT2D eigenvalue weighted by molar-refractivity contribution is -0.138. The maximum absolute atomic E-state index is 11.1. The number of hydrogen-bond acceptors (Lipinski definition) is 3. The van der Waals surface area contributed by atoms with E-state index in [2.05, 4.69) is 17.4 Å². The number of rotatable bonds is 11. The van der Waals surface area contributed by atoms with E-state index in [0.717, 1.165) is 24.8 Å². The van der Waals surface area contributed by atoms with Crippen LogP contribution in [-0.4, -0.2) is 29.3 Å². The zero-order chi connectivity index (χ0) is 17.9. The minimum atomic E-state index is -0.768. The standard InChI is InChI=1S/C21H27NO3/c23-20(19-12-5-2-6-13-19)16-22-15-18(14-21(24)25)11-7-10-17-8-3-1-4-9-17/h1-6,8-9,12-13,18,20,22-23H,7,10-11,14-16H2,(H,24,25). The number of carboxylic acids is 1. The molecule has 2 unspecified atom stereocenters. The molecule has 2 rings (SSSR count). The molecular formula is C21H27NO3. The molecule has 25 heavy (non-hydrogen) atoms. The van der Waals surface area contributed by atoms with Gasteiger partial charge in [0.15, 0.2) is 0 Å². The Labute approximate surface area is 149 Å². The summed E-state index contributed by atoms with van der Waals surface area (Å²) in [5.41, 5.74) is 2.15. The van der Waals surface area contributed by atoms with Crippen LogP contribution >= 0.6 is 0 Å². The highest BCUT2D eigenvalue weighted by Crippen LogP contribution is 2.15. The van der Waals surface area contributed by atoms with Crippen molar-refractivity contribution in [2.45, 2.75) is 31.8 Å². The summed E-state index contributed by atoms with van der Waals surface area (Å²) in [6.45, 7) is 1.03. The van der Waals surface area contributed by atoms with Crippen LogP contribution in [0.4, 0.5) is 0 Å². The zero-order valence-electron chi connectivity index (χ0n) is 14.5. The van der Waals surface area contributed by atoms with Crippen molar-refractivity contribution < 1.29 is 15.0 Å². The van der Waals surface area contributed by atoms with Crippen molar-refractivity contribution in [3.05, 3.63) is 71.8 Å². The Hall–Kier alpha value is -2.17. The number of nitrogens with one attached hydrogen (secondary N) is 1. The molecule has 0 fully saturated rings. The van der Waals surface area contributed by atoms with Crippen molar-refractivity contribution >= 4 is 5.97 Å². The first-order valence-electron chi connectivity index (χ1n) is 8.84. The molecule has 0 radical (unpaired) electrons. The predicted octanol–water partition coefficient (Wildman–Crippen LogP) is 3.42. The molecule has 0 aliphatic rings. The third-order valence-corrected chi connectivity index (χ3v) is 4.34. The summed E-state index contributed by atoms with van der Waals surface area (Å²) in [5.74, 6) is -0.695. The first-order valence-corrected chi connectivity index (χ1v) is 8.84. The molecule has 134 valence electrons. The molecule has 0 spiro atoms. The minimum Gasteiger partial charge on any atom is -0.481 e. The Morgan fingerprint density at radius 1 is 0.960 bits per heavy atom. The van der Waals surface area contributed by atoms with Gasteiger partial charge in [-0.15, -0.1) is 0 Å². The highest BCUT2D eigenvalue weighted by molar-refractivity contribution is 5.67. The Morgan fingerprint density at radius 2 is 1.60 bits per heavy atom. The van der Waals surface area contributed by atoms with Crippen LogP contribution in [0.25, 0.3) is 0 Å². The van der Waals surface area contributed by atoms with Gasteiger partial charge in [-0.2, -0.15) is 0 Å². The highest BCUT2D eigenvalue weighted by atomic mass is 16.4. The van der Waals surface area contributed by atoms with Crippen LogP contribution in [0.2, 0.25) is 0 Å². The van der Waals surface area contributed by atoms with Crippen LogP contribution in [0.5, 0.6) is 0 Å². The van der Waals surface area contributed by atoms with Crippen LogP contribution in [0.1, 0.15) is 36.5 Å². The first-order chi connectivity index (χ1) is 12.1. The van der Waals surface area contributed by atoms with E-state index in [0.29, 0.717) is 13.1 Å². The summed E-state index contributed by atoms with van der Waals surface area (Å²) in [4.78, 5) is 11.1. The maximum atomic E-state index is 11.1. The molecule has 2 aromatic rings. The summed E-state index contributed by atoms with van der Waals surface area (Å²) in [5, 5.41) is 22.5. The van der Waals surface area contributed by atoms with Gasteiger partial charge in [0.2, 0.25) is 0 Å². The molecule has 0 bridgehead atoms. The topological polar surface area (TPSA) is 69.6 Å². The number of aliphatic hydroxyl groups is 1. The van der Waals surface area contributed by atoms with E-state index in [4.69, 9.17) is 5.11 Å². The van der Waals surface area contributed by atoms with Crippen molar-refractivity contribution in [2.24, 2.45) is 5.92 Å². The lowest BCUT2D eigenvalue weighted by atomic mass is 9.96. The van der Waals surface area contributed by atoms with Crippen molar-refractivity contribution in [3.63, 3.8) is 0 Å². The van der Waals surface area contributed by atoms with E-state index in [1.54, 1.807) is 0 Å². The van der Waals surface area contributed by atoms with E-state index < -0.39 is 12.1 Å². The molecule has 0 saturated heterocycles. The maximum Gasteiger partial charge on any atom is 0.303 e. The molecule has 0 saturated carbocycles. The Morgan fingerprint density at radius 3 is 2.24 bits per heavy atom. The molecule has 0 amide bonds. The van der Waals surface area contributed by atoms with Gasteiger partial charge in [-0.1, -0.05) is 60.7 Å². The second-order valence-corrected chi connectivity index (χ2v) is 6.43. The Balaban J connectivity index is 1.74. The quantitative estimate of drug-likeness (QED) is 0.586. The van der Waals surface area contributed by atoms with E-state index in [9.17, 15) is 9.90 Å². The van der Waals surface area contributed by atoms with Crippen molar-refractivity contribution in [3.8, 4) is 0 Å². The van der Waals surface area contributed by atoms with E-state index in [1.807, 2.05) is 48.5 Å². The SMILES string of the molecule is O=C(O)CC(CCCc1ccccc1)CNCC(O)c1ccccc1. The smallest absolute Gasteiger partial charge is 0.303 e. The molecule has 4 nitrogen and oxygen atoms in total. The zero-order valence-corrected chi connectivity index (χ0v) is 14.5. The molecule has 0 aliphatic heterocycles. The Kier molecular flexibility index (Phi) is 8.16. The van der Waals surface area contributed by atoms with Crippen LogP contribution in [0.15, 0.2) is 60.7 Å². The molecule has 2 aromatic carbocycles. The van der Waals surface area contributed by atoms with Crippen LogP contribution in [-0.2, 0) is 11.2 Å². The van der Waals surface area contributed by atoms with Gasteiger partial charge in [-0.3, -0.25) is 4.79 Å². The van der Waals surface area contributed by atoms with Gasteiger partial charge >= 0.3 is 5.97 Å². The number of benzene rings is 2. The van der Waals surface area contributed by atoms with E-state index >= 15 is 0 Å². The third kappa shape index (κ3) is 7.50. The van der Waals surface area contributed by atoms with Crippen LogP contribution in [0.3, 0.4) is 0 Å². The Bertz CT molecular complexity index is 616. The minimum absolute atomic E-state index is 0.0733. The third-order valence-electron chi connectivity index (χ3n) is 4.34. The van der Waals surface area contributed by atoms with Crippen LogP contribution < -0.4 is 5.32 Å². The van der Waals surface area contributed by atoms with Crippen molar-refractivity contribution in [1.82, 2.24) is 5.32 Å². The summed E-state index contributed by atoms with van der Waals surface area (Å²) >= 11 is 0. The lowest BCUT2D eigenvalue weighted by Gasteiger charge is -2.18. The summed E-state index contributed by atoms with van der Waals surface area (Å²) in [6.07, 6.45) is 2.36. The largest absolute Gasteiger partial charge is 0.481 e. The number of hydrogen-bond donors (Lipinski definition) is 3. The first kappa shape index (κ1) is 19.2. The van der Waals surface area contributed by atoms with Gasteiger partial charge in [0, 0.05) is 13.0 Å². The van der Waals surface area contributed by atoms with Gasteiger partial charge in [0.05, 0.1) is 6.10 Å². The fourth-order valence-corrected chi connectivity index (χ4v) is 2.98. The number of aliphatic hydroxyl groups excluding tert-OH is 1. The highest BCUT2D eigenvalue weighted by Gasteiger charge is 2.14. The number of aliphatic carboxylic acids is 1. The van der Waals surface area contributed by atoms with Crippen molar-refractivity contribution in [2.75, 3.05) is 13.1 Å². The molecule has 0 heterocycles. The number of aryl methyl sites for hydroxylation is 1.